The van der Waals surface area contributed by atoms with Crippen LogP contribution >= 0.6 is 23.3 Å². The molecular weight excluding hydrogens is 462 g/mol. The van der Waals surface area contributed by atoms with Gasteiger partial charge in [0.2, 0.25) is 17.5 Å². The van der Waals surface area contributed by atoms with E-state index in [2.05, 4.69) is 29.8 Å². The third-order valence-corrected chi connectivity index (χ3v) is 6.37. The Labute approximate surface area is 187 Å². The molecule has 2 amide bonds. The summed E-state index contributed by atoms with van der Waals surface area (Å²) < 4.78 is 3.80. The lowest BCUT2D eigenvalue weighted by atomic mass is 9.86. The number of carbonyl (C=O) groups is 3. The fourth-order valence-electron chi connectivity index (χ4n) is 3.38. The molecule has 1 fully saturated rings. The van der Waals surface area contributed by atoms with Crippen LogP contribution in [0.25, 0.3) is 0 Å². The minimum Gasteiger partial charge on any atom is -0.477 e. The molecule has 2 aromatic heterocycles. The number of amides is 2. The van der Waals surface area contributed by atoms with Crippen molar-refractivity contribution in [2.75, 3.05) is 11.5 Å². The Morgan fingerprint density at radius 2 is 2.03 bits per heavy atom. The minimum atomic E-state index is -1.27. The molecule has 0 spiro atoms. The number of nitrogens with two attached hydrogens (primary N) is 2. The van der Waals surface area contributed by atoms with Gasteiger partial charge in [-0.2, -0.15) is 9.36 Å². The van der Waals surface area contributed by atoms with Gasteiger partial charge in [-0.25, -0.2) is 14.8 Å². The lowest BCUT2D eigenvalue weighted by Gasteiger charge is -2.50. The standard InChI is InChI=1S/C16H15N9O5S2/c17-15-19-3-5(4-20-15)31-7-2-1-6-8(13(27)25(6)10(7)14(28)29)21-12(26)9(23-30)11-22-16(18)32-24-11/h3-4,6,8,30H,1-2H2,(H,21,26)(H,28,29)(H2,17,19,20)(H2,18,22,24)/b23-9-/t6?,8-/m0/s1. The molecule has 1 saturated heterocycles. The van der Waals surface area contributed by atoms with Gasteiger partial charge < -0.3 is 27.1 Å². The van der Waals surface area contributed by atoms with Crippen LogP contribution in [0.1, 0.15) is 18.7 Å². The average molecular weight is 477 g/mol. The first-order chi connectivity index (χ1) is 15.3. The van der Waals surface area contributed by atoms with Crippen molar-refractivity contribution in [3.05, 3.63) is 28.8 Å². The van der Waals surface area contributed by atoms with E-state index in [1.165, 1.54) is 12.4 Å². The van der Waals surface area contributed by atoms with Crippen LogP contribution in [0.5, 0.6) is 0 Å². The maximum absolute atomic E-state index is 12.8. The van der Waals surface area contributed by atoms with Gasteiger partial charge in [-0.05, 0) is 12.8 Å². The van der Waals surface area contributed by atoms with Crippen LogP contribution in [0.2, 0.25) is 0 Å². The maximum atomic E-state index is 12.8. The molecular formula is C16H15N9O5S2. The van der Waals surface area contributed by atoms with Crippen molar-refractivity contribution in [1.29, 1.82) is 0 Å². The summed E-state index contributed by atoms with van der Waals surface area (Å²) in [5, 5.41) is 24.3. The molecule has 7 N–H and O–H groups in total. The number of β-lactam (4-membered cyclic amide) rings is 1. The number of aliphatic carboxylic acids is 1. The largest absolute Gasteiger partial charge is 0.477 e. The van der Waals surface area contributed by atoms with Crippen molar-refractivity contribution >= 4 is 57.9 Å². The molecule has 2 aliphatic rings. The van der Waals surface area contributed by atoms with Crippen molar-refractivity contribution in [2.45, 2.75) is 29.8 Å². The molecule has 32 heavy (non-hydrogen) atoms. The Morgan fingerprint density at radius 1 is 1.31 bits per heavy atom. The van der Waals surface area contributed by atoms with E-state index in [0.717, 1.165) is 28.2 Å². The molecule has 2 atom stereocenters. The lowest BCUT2D eigenvalue weighted by Crippen LogP contribution is -2.72. The van der Waals surface area contributed by atoms with Gasteiger partial charge in [0, 0.05) is 33.7 Å². The number of nitrogen functional groups attached to an aromatic ring is 2. The third kappa shape index (κ3) is 3.80. The normalized spacial score (nSPS) is 20.6. The van der Waals surface area contributed by atoms with Gasteiger partial charge in [0.05, 0.1) is 6.04 Å². The summed E-state index contributed by atoms with van der Waals surface area (Å²) >= 11 is 1.94. The Kier molecular flexibility index (Phi) is 5.62. The highest BCUT2D eigenvalue weighted by Gasteiger charge is 2.53. The first-order valence-electron chi connectivity index (χ1n) is 8.97. The summed E-state index contributed by atoms with van der Waals surface area (Å²) in [4.78, 5) is 50.9. The van der Waals surface area contributed by atoms with Crippen LogP contribution < -0.4 is 16.8 Å². The fraction of sp³-hybridized carbons (Fsp3) is 0.250. The van der Waals surface area contributed by atoms with E-state index in [-0.39, 0.29) is 22.6 Å². The number of aromatic nitrogens is 4. The summed E-state index contributed by atoms with van der Waals surface area (Å²) in [6.45, 7) is 0. The number of allylic oxidation sites excluding steroid dienone is 1. The molecule has 0 radical (unpaired) electrons. The predicted molar refractivity (Wildman–Crippen MR) is 111 cm³/mol. The smallest absolute Gasteiger partial charge is 0.353 e. The number of thioether (sulfide) groups is 1. The van der Waals surface area contributed by atoms with Crippen LogP contribution in [0.4, 0.5) is 11.1 Å². The third-order valence-electron chi connectivity index (χ3n) is 4.74. The number of hydrogen-bond acceptors (Lipinski definition) is 13. The molecule has 1 unspecified atom stereocenters. The molecule has 0 bridgehead atoms. The van der Waals surface area contributed by atoms with Crippen molar-refractivity contribution < 1.29 is 24.7 Å². The van der Waals surface area contributed by atoms with Gasteiger partial charge in [-0.15, -0.1) is 0 Å². The highest BCUT2D eigenvalue weighted by Crippen LogP contribution is 2.42. The van der Waals surface area contributed by atoms with E-state index in [0.29, 0.717) is 22.6 Å². The predicted octanol–water partition coefficient (Wildman–Crippen LogP) is -0.751. The van der Waals surface area contributed by atoms with Crippen molar-refractivity contribution in [2.24, 2.45) is 5.16 Å². The summed E-state index contributed by atoms with van der Waals surface area (Å²) in [6, 6.07) is -1.56. The van der Waals surface area contributed by atoms with Gasteiger partial charge in [0.1, 0.15) is 11.7 Å². The molecule has 14 nitrogen and oxygen atoms in total. The van der Waals surface area contributed by atoms with Crippen molar-refractivity contribution in [3.8, 4) is 0 Å². The van der Waals surface area contributed by atoms with Crippen molar-refractivity contribution in [3.63, 3.8) is 0 Å². The monoisotopic (exact) mass is 477 g/mol. The van der Waals surface area contributed by atoms with Crippen molar-refractivity contribution in [1.82, 2.24) is 29.5 Å². The van der Waals surface area contributed by atoms with E-state index in [4.69, 9.17) is 11.5 Å². The second-order valence-corrected chi connectivity index (χ2v) is 8.58. The van der Waals surface area contributed by atoms with Gasteiger partial charge in [0.15, 0.2) is 5.13 Å². The molecule has 0 aromatic carbocycles. The van der Waals surface area contributed by atoms with E-state index in [9.17, 15) is 24.7 Å². The first kappa shape index (κ1) is 21.4. The lowest BCUT2D eigenvalue weighted by molar-refractivity contribution is -0.155. The average Bonchev–Trinajstić information content (AvgIpc) is 3.19. The van der Waals surface area contributed by atoms with Crippen LogP contribution in [-0.4, -0.2) is 70.1 Å². The Morgan fingerprint density at radius 3 is 2.62 bits per heavy atom. The minimum absolute atomic E-state index is 0.0693. The summed E-state index contributed by atoms with van der Waals surface area (Å²) in [7, 11) is 0. The zero-order valence-electron chi connectivity index (χ0n) is 16.0. The number of carboxylic acids is 1. The molecule has 0 aliphatic carbocycles. The highest BCUT2D eigenvalue weighted by molar-refractivity contribution is 8.03. The number of nitrogens with one attached hydrogen (secondary N) is 1. The van der Waals surface area contributed by atoms with E-state index < -0.39 is 35.6 Å². The summed E-state index contributed by atoms with van der Waals surface area (Å²) in [5.74, 6) is -2.86. The topological polar surface area (TPSA) is 223 Å². The zero-order valence-corrected chi connectivity index (χ0v) is 17.6. The molecule has 16 heteroatoms. The number of rotatable bonds is 6. The van der Waals surface area contributed by atoms with E-state index in [1.54, 1.807) is 0 Å². The number of carbonyl (C=O) groups excluding carboxylic acids is 2. The quantitative estimate of drug-likeness (QED) is 0.150. The van der Waals surface area contributed by atoms with Crippen LogP contribution in [0.15, 0.2) is 33.0 Å². The van der Waals surface area contributed by atoms with Gasteiger partial charge in [0.25, 0.3) is 11.8 Å². The van der Waals surface area contributed by atoms with Gasteiger partial charge in [-0.1, -0.05) is 16.9 Å². The number of hydrogen-bond donors (Lipinski definition) is 5. The number of fused-ring (bicyclic) bond motifs is 1. The number of carboxylic acid groups (broad SMARTS) is 1. The Balaban J connectivity index is 1.52. The van der Waals surface area contributed by atoms with Gasteiger partial charge >= 0.3 is 5.97 Å². The van der Waals surface area contributed by atoms with Gasteiger partial charge in [-0.3, -0.25) is 14.5 Å². The summed E-state index contributed by atoms with van der Waals surface area (Å²) in [5.41, 5.74) is 10.3. The molecule has 166 valence electrons. The van der Waals surface area contributed by atoms with E-state index >= 15 is 0 Å². The maximum Gasteiger partial charge on any atom is 0.353 e. The number of nitrogens with zero attached hydrogens (tertiary/aromatic N) is 6. The highest BCUT2D eigenvalue weighted by atomic mass is 32.2. The second kappa shape index (κ2) is 8.39. The fourth-order valence-corrected chi connectivity index (χ4v) is 4.81. The molecule has 4 rings (SSSR count). The molecule has 2 aromatic rings. The molecule has 2 aliphatic heterocycles. The number of oxime groups is 1. The number of anilines is 2. The molecule has 4 heterocycles. The first-order valence-corrected chi connectivity index (χ1v) is 10.6. The second-order valence-electron chi connectivity index (χ2n) is 6.63. The van der Waals surface area contributed by atoms with E-state index in [1.807, 2.05) is 0 Å². The Hall–Kier alpha value is -3.79. The van der Waals surface area contributed by atoms with Crippen LogP contribution in [-0.2, 0) is 14.4 Å². The van der Waals surface area contributed by atoms with Crippen LogP contribution in [0.3, 0.4) is 0 Å². The zero-order chi connectivity index (χ0) is 23.0. The SMILES string of the molecule is Nc1ncc(SC2=C(C(=O)O)N3C(=O)[C@@H](NC(=O)/C(=N\O)c4nsc(N)n4)C3CC2)cn1. The van der Waals surface area contributed by atoms with Crippen LogP contribution in [0, 0.1) is 0 Å². The molecule has 0 saturated carbocycles. The summed E-state index contributed by atoms with van der Waals surface area (Å²) in [6.07, 6.45) is 3.67. The Bertz CT molecular complexity index is 1160.